The first kappa shape index (κ1) is 18.5. The molecule has 1 aromatic heterocycles. The van der Waals surface area contributed by atoms with Crippen molar-refractivity contribution in [2.75, 3.05) is 11.9 Å². The van der Waals surface area contributed by atoms with Crippen LogP contribution in [0.2, 0.25) is 5.02 Å². The number of benzene rings is 1. The number of aromatic nitrogens is 1. The maximum atomic E-state index is 13.3. The second kappa shape index (κ2) is 7.50. The smallest absolute Gasteiger partial charge is 0.256 e. The molecule has 6 nitrogen and oxygen atoms in total. The van der Waals surface area contributed by atoms with Crippen LogP contribution in [0.15, 0.2) is 22.7 Å². The lowest BCUT2D eigenvalue weighted by atomic mass is 10.0. The van der Waals surface area contributed by atoms with Gasteiger partial charge in [-0.05, 0) is 44.9 Å². The summed E-state index contributed by atoms with van der Waals surface area (Å²) in [6, 6.07) is 4.87. The Balaban J connectivity index is 1.95. The molecule has 3 rings (SSSR count). The van der Waals surface area contributed by atoms with Gasteiger partial charge in [-0.15, -0.1) is 0 Å². The number of nitrogens with zero attached hydrogens (tertiary/aromatic N) is 2. The van der Waals surface area contributed by atoms with Gasteiger partial charge in [0.1, 0.15) is 5.76 Å². The molecular formula is C19H22ClN3O3. The molecule has 0 unspecified atom stereocenters. The summed E-state index contributed by atoms with van der Waals surface area (Å²) in [5, 5.41) is 7.26. The van der Waals surface area contributed by atoms with Crippen LogP contribution in [0.1, 0.15) is 59.6 Å². The number of nitrogens with one attached hydrogen (secondary N) is 1. The highest BCUT2D eigenvalue weighted by molar-refractivity contribution is 6.31. The molecule has 0 radical (unpaired) electrons. The maximum Gasteiger partial charge on any atom is 0.256 e. The number of carbonyl (C=O) groups excluding carboxylic acids is 2. The van der Waals surface area contributed by atoms with Gasteiger partial charge < -0.3 is 14.7 Å². The highest BCUT2D eigenvalue weighted by atomic mass is 35.5. The van der Waals surface area contributed by atoms with Crippen LogP contribution in [-0.4, -0.2) is 28.4 Å². The van der Waals surface area contributed by atoms with Crippen LogP contribution in [0.3, 0.4) is 0 Å². The largest absolute Gasteiger partial charge is 0.361 e. The third-order valence-corrected chi connectivity index (χ3v) is 4.98. The molecule has 26 heavy (non-hydrogen) atoms. The standard InChI is InChI=1S/C19H22ClN3O3/c1-4-17(24)21-15-10-13(20)7-8-14(15)19(25)23-9-5-6-16(23)18-11(2)22-26-12(18)3/h7-8,10,16H,4-6,9H2,1-3H3,(H,21,24)/t16-/m0/s1. The van der Waals surface area contributed by atoms with Crippen LogP contribution in [0, 0.1) is 13.8 Å². The zero-order valence-electron chi connectivity index (χ0n) is 15.1. The minimum Gasteiger partial charge on any atom is -0.361 e. The first-order chi connectivity index (χ1) is 12.4. The summed E-state index contributed by atoms with van der Waals surface area (Å²) in [7, 11) is 0. The Hall–Kier alpha value is -2.34. The summed E-state index contributed by atoms with van der Waals surface area (Å²) in [6.45, 7) is 6.17. The van der Waals surface area contributed by atoms with Gasteiger partial charge in [0.05, 0.1) is 23.0 Å². The number of rotatable bonds is 4. The van der Waals surface area contributed by atoms with Crippen molar-refractivity contribution in [2.24, 2.45) is 0 Å². The number of aryl methyl sites for hydroxylation is 2. The summed E-state index contributed by atoms with van der Waals surface area (Å²) < 4.78 is 5.29. The van der Waals surface area contributed by atoms with Gasteiger partial charge in [-0.2, -0.15) is 0 Å². The average molecular weight is 376 g/mol. The van der Waals surface area contributed by atoms with Crippen molar-refractivity contribution in [3.8, 4) is 0 Å². The van der Waals surface area contributed by atoms with Gasteiger partial charge in [0.2, 0.25) is 5.91 Å². The molecule has 1 fully saturated rings. The predicted molar refractivity (Wildman–Crippen MR) is 99.4 cm³/mol. The van der Waals surface area contributed by atoms with Crippen LogP contribution in [0.4, 0.5) is 5.69 Å². The quantitative estimate of drug-likeness (QED) is 0.865. The van der Waals surface area contributed by atoms with E-state index in [2.05, 4.69) is 10.5 Å². The van der Waals surface area contributed by atoms with Crippen LogP contribution < -0.4 is 5.32 Å². The monoisotopic (exact) mass is 375 g/mol. The van der Waals surface area contributed by atoms with E-state index in [9.17, 15) is 9.59 Å². The van der Waals surface area contributed by atoms with Crippen LogP contribution >= 0.6 is 11.6 Å². The van der Waals surface area contributed by atoms with E-state index in [1.165, 1.54) is 0 Å². The lowest BCUT2D eigenvalue weighted by Crippen LogP contribution is -2.32. The van der Waals surface area contributed by atoms with E-state index in [1.807, 2.05) is 18.7 Å². The Morgan fingerprint density at radius 3 is 2.81 bits per heavy atom. The molecule has 7 heteroatoms. The average Bonchev–Trinajstić information content (AvgIpc) is 3.20. The highest BCUT2D eigenvalue weighted by Gasteiger charge is 2.35. The van der Waals surface area contributed by atoms with E-state index < -0.39 is 0 Å². The summed E-state index contributed by atoms with van der Waals surface area (Å²) in [5.41, 5.74) is 2.67. The van der Waals surface area contributed by atoms with Gasteiger partial charge in [0.15, 0.2) is 0 Å². The fourth-order valence-corrected chi connectivity index (χ4v) is 3.65. The second-order valence-electron chi connectivity index (χ2n) is 6.49. The molecule has 2 heterocycles. The molecule has 1 atom stereocenters. The van der Waals surface area contributed by atoms with Gasteiger partial charge in [-0.25, -0.2) is 0 Å². The molecule has 0 saturated carbocycles. The van der Waals surface area contributed by atoms with Gasteiger partial charge in [-0.3, -0.25) is 9.59 Å². The van der Waals surface area contributed by atoms with Crippen molar-refractivity contribution in [3.63, 3.8) is 0 Å². The molecule has 1 aliphatic heterocycles. The summed E-state index contributed by atoms with van der Waals surface area (Å²) >= 11 is 6.06. The summed E-state index contributed by atoms with van der Waals surface area (Å²) in [6.07, 6.45) is 2.09. The Labute approximate surface area is 157 Å². The predicted octanol–water partition coefficient (Wildman–Crippen LogP) is 4.27. The molecule has 1 N–H and O–H groups in total. The Kier molecular flexibility index (Phi) is 5.32. The number of anilines is 1. The number of halogens is 1. The molecule has 2 aromatic rings. The zero-order chi connectivity index (χ0) is 18.8. The molecule has 138 valence electrons. The van der Waals surface area contributed by atoms with Gasteiger partial charge >= 0.3 is 0 Å². The number of hydrogen-bond donors (Lipinski definition) is 1. The topological polar surface area (TPSA) is 75.4 Å². The van der Waals surface area contributed by atoms with Crippen molar-refractivity contribution in [1.29, 1.82) is 0 Å². The van der Waals surface area contributed by atoms with Crippen molar-refractivity contribution < 1.29 is 14.1 Å². The third kappa shape index (κ3) is 3.46. The lowest BCUT2D eigenvalue weighted by Gasteiger charge is -2.26. The first-order valence-electron chi connectivity index (χ1n) is 8.75. The normalized spacial score (nSPS) is 16.8. The van der Waals surface area contributed by atoms with Crippen LogP contribution in [0.25, 0.3) is 0 Å². The van der Waals surface area contributed by atoms with Gasteiger partial charge in [-0.1, -0.05) is 23.7 Å². The number of hydrogen-bond acceptors (Lipinski definition) is 4. The summed E-state index contributed by atoms with van der Waals surface area (Å²) in [4.78, 5) is 26.9. The Morgan fingerprint density at radius 2 is 2.15 bits per heavy atom. The minimum atomic E-state index is -0.162. The molecule has 1 aliphatic rings. The van der Waals surface area contributed by atoms with Crippen LogP contribution in [-0.2, 0) is 4.79 Å². The van der Waals surface area contributed by atoms with Gasteiger partial charge in [0.25, 0.3) is 5.91 Å². The van der Waals surface area contributed by atoms with E-state index in [0.29, 0.717) is 29.2 Å². The first-order valence-corrected chi connectivity index (χ1v) is 9.13. The SMILES string of the molecule is CCC(=O)Nc1cc(Cl)ccc1C(=O)N1CCC[C@H]1c1c(C)noc1C. The van der Waals surface area contributed by atoms with Crippen LogP contribution in [0.5, 0.6) is 0 Å². The van der Waals surface area contributed by atoms with Crippen molar-refractivity contribution in [1.82, 2.24) is 10.1 Å². The van der Waals surface area contributed by atoms with E-state index in [4.69, 9.17) is 16.1 Å². The lowest BCUT2D eigenvalue weighted by molar-refractivity contribution is -0.115. The van der Waals surface area contributed by atoms with Gasteiger partial charge in [0, 0.05) is 23.6 Å². The molecule has 0 bridgehead atoms. The van der Waals surface area contributed by atoms with E-state index in [0.717, 1.165) is 29.9 Å². The van der Waals surface area contributed by atoms with Crippen molar-refractivity contribution in [2.45, 2.75) is 46.1 Å². The zero-order valence-corrected chi connectivity index (χ0v) is 15.9. The molecule has 1 saturated heterocycles. The third-order valence-electron chi connectivity index (χ3n) is 4.74. The van der Waals surface area contributed by atoms with E-state index in [-0.39, 0.29) is 17.9 Å². The fourth-order valence-electron chi connectivity index (χ4n) is 3.48. The number of likely N-dealkylation sites (tertiary alicyclic amines) is 1. The molecule has 0 spiro atoms. The highest BCUT2D eigenvalue weighted by Crippen LogP contribution is 2.37. The second-order valence-corrected chi connectivity index (χ2v) is 6.92. The molecule has 0 aliphatic carbocycles. The molecule has 1 aromatic carbocycles. The fraction of sp³-hybridized carbons (Fsp3) is 0.421. The molecular weight excluding hydrogens is 354 g/mol. The van der Waals surface area contributed by atoms with E-state index >= 15 is 0 Å². The number of carbonyl (C=O) groups is 2. The minimum absolute atomic E-state index is 0.0702. The Morgan fingerprint density at radius 1 is 1.38 bits per heavy atom. The number of amides is 2. The summed E-state index contributed by atoms with van der Waals surface area (Å²) in [5.74, 6) is 0.448. The van der Waals surface area contributed by atoms with Crippen molar-refractivity contribution in [3.05, 3.63) is 45.8 Å². The molecule has 2 amide bonds. The van der Waals surface area contributed by atoms with E-state index in [1.54, 1.807) is 25.1 Å². The Bertz CT molecular complexity index is 827. The van der Waals surface area contributed by atoms with Crippen molar-refractivity contribution >= 4 is 29.1 Å². The maximum absolute atomic E-state index is 13.3.